The molecule has 1 atom stereocenters. The van der Waals surface area contributed by atoms with Gasteiger partial charge in [0.05, 0.1) is 0 Å². The second-order valence-corrected chi connectivity index (χ2v) is 2.21. The minimum atomic E-state index is -0.462. The van der Waals surface area contributed by atoms with Gasteiger partial charge in [0.25, 0.3) is 0 Å². The van der Waals surface area contributed by atoms with Crippen molar-refractivity contribution in [2.24, 2.45) is 0 Å². The second kappa shape index (κ2) is 4.42. The lowest BCUT2D eigenvalue weighted by Gasteiger charge is -2.12. The molecule has 1 aromatic rings. The molecule has 1 aromatic carbocycles. The lowest BCUT2D eigenvalue weighted by molar-refractivity contribution is -0.0758. The SMILES string of the molecule is C#COC(OC)c1ccccc1. The first-order valence-corrected chi connectivity index (χ1v) is 3.57. The first kappa shape index (κ1) is 8.63. The van der Waals surface area contributed by atoms with Crippen LogP contribution < -0.4 is 0 Å². The third-order valence-corrected chi connectivity index (χ3v) is 1.46. The van der Waals surface area contributed by atoms with Gasteiger partial charge in [-0.2, -0.15) is 0 Å². The van der Waals surface area contributed by atoms with Crippen molar-refractivity contribution in [1.82, 2.24) is 0 Å². The summed E-state index contributed by atoms with van der Waals surface area (Å²) in [6, 6.07) is 9.52. The molecule has 0 aliphatic rings. The van der Waals surface area contributed by atoms with Gasteiger partial charge in [-0.25, -0.2) is 0 Å². The molecule has 0 fully saturated rings. The molecule has 0 aromatic heterocycles. The van der Waals surface area contributed by atoms with Gasteiger partial charge in [0.15, 0.2) is 0 Å². The fourth-order valence-electron chi connectivity index (χ4n) is 0.924. The summed E-state index contributed by atoms with van der Waals surface area (Å²) in [7, 11) is 1.55. The van der Waals surface area contributed by atoms with Gasteiger partial charge in [0.2, 0.25) is 6.29 Å². The molecular weight excluding hydrogens is 152 g/mol. The minimum Gasteiger partial charge on any atom is -0.410 e. The highest BCUT2D eigenvalue weighted by atomic mass is 16.7. The number of ether oxygens (including phenoxy) is 2. The molecule has 0 saturated carbocycles. The van der Waals surface area contributed by atoms with Crippen LogP contribution in [0.15, 0.2) is 30.3 Å². The van der Waals surface area contributed by atoms with E-state index in [1.54, 1.807) is 7.11 Å². The van der Waals surface area contributed by atoms with Crippen LogP contribution in [-0.4, -0.2) is 7.11 Å². The van der Waals surface area contributed by atoms with Gasteiger partial charge in [0.1, 0.15) is 6.11 Å². The highest BCUT2D eigenvalue weighted by Gasteiger charge is 2.08. The molecule has 0 spiro atoms. The predicted octanol–water partition coefficient (Wildman–Crippen LogP) is 1.94. The van der Waals surface area contributed by atoms with E-state index < -0.39 is 6.29 Å². The summed E-state index contributed by atoms with van der Waals surface area (Å²) >= 11 is 0. The number of benzene rings is 1. The Kier molecular flexibility index (Phi) is 3.18. The topological polar surface area (TPSA) is 18.5 Å². The van der Waals surface area contributed by atoms with Gasteiger partial charge in [-0.1, -0.05) is 36.8 Å². The molecular formula is C10H10O2. The molecule has 0 radical (unpaired) electrons. The Bertz CT molecular complexity index is 261. The summed E-state index contributed by atoms with van der Waals surface area (Å²) < 4.78 is 9.89. The number of hydrogen-bond acceptors (Lipinski definition) is 2. The monoisotopic (exact) mass is 162 g/mol. The Hall–Kier alpha value is -1.46. The smallest absolute Gasteiger partial charge is 0.236 e. The fourth-order valence-corrected chi connectivity index (χ4v) is 0.924. The third kappa shape index (κ3) is 2.01. The molecule has 0 aliphatic carbocycles. The Balaban J connectivity index is 2.75. The summed E-state index contributed by atoms with van der Waals surface area (Å²) in [5.74, 6) is 0. The van der Waals surface area contributed by atoms with Crippen molar-refractivity contribution in [2.75, 3.05) is 7.11 Å². The van der Waals surface area contributed by atoms with Crippen molar-refractivity contribution >= 4 is 0 Å². The van der Waals surface area contributed by atoms with E-state index in [4.69, 9.17) is 15.9 Å². The van der Waals surface area contributed by atoms with Crippen molar-refractivity contribution in [3.05, 3.63) is 35.9 Å². The summed E-state index contributed by atoms with van der Waals surface area (Å²) in [4.78, 5) is 0. The number of terminal acetylenes is 1. The largest absolute Gasteiger partial charge is 0.410 e. The molecule has 2 heteroatoms. The maximum atomic E-state index is 5.01. The van der Waals surface area contributed by atoms with Gasteiger partial charge >= 0.3 is 0 Å². The highest BCUT2D eigenvalue weighted by molar-refractivity contribution is 5.16. The Morgan fingerprint density at radius 1 is 1.33 bits per heavy atom. The molecule has 0 aliphatic heterocycles. The van der Waals surface area contributed by atoms with Gasteiger partial charge in [0, 0.05) is 12.7 Å². The zero-order valence-corrected chi connectivity index (χ0v) is 6.86. The Morgan fingerprint density at radius 2 is 2.00 bits per heavy atom. The number of methoxy groups -OCH3 is 1. The first-order valence-electron chi connectivity index (χ1n) is 3.57. The van der Waals surface area contributed by atoms with Crippen LogP contribution in [0.3, 0.4) is 0 Å². The van der Waals surface area contributed by atoms with E-state index in [1.807, 2.05) is 30.3 Å². The van der Waals surface area contributed by atoms with E-state index in [0.29, 0.717) is 0 Å². The minimum absolute atomic E-state index is 0.462. The van der Waals surface area contributed by atoms with Crippen molar-refractivity contribution < 1.29 is 9.47 Å². The van der Waals surface area contributed by atoms with Gasteiger partial charge in [-0.3, -0.25) is 0 Å². The van der Waals surface area contributed by atoms with E-state index in [-0.39, 0.29) is 0 Å². The average molecular weight is 162 g/mol. The van der Waals surface area contributed by atoms with Gasteiger partial charge in [-0.15, -0.1) is 0 Å². The molecule has 0 saturated heterocycles. The standard InChI is InChI=1S/C10H10O2/c1-3-12-10(11-2)9-7-5-4-6-8-9/h1,4-8,10H,2H3. The highest BCUT2D eigenvalue weighted by Crippen LogP contribution is 2.16. The van der Waals surface area contributed by atoms with Crippen LogP contribution in [0.1, 0.15) is 11.9 Å². The van der Waals surface area contributed by atoms with Crippen LogP contribution in [0.5, 0.6) is 0 Å². The molecule has 2 nitrogen and oxygen atoms in total. The molecule has 1 unspecified atom stereocenters. The van der Waals surface area contributed by atoms with Crippen molar-refractivity contribution in [3.8, 4) is 12.5 Å². The zero-order valence-electron chi connectivity index (χ0n) is 6.86. The normalized spacial score (nSPS) is 11.7. The van der Waals surface area contributed by atoms with Crippen LogP contribution in [0, 0.1) is 12.5 Å². The summed E-state index contributed by atoms with van der Waals surface area (Å²) in [5, 5.41) is 0. The summed E-state index contributed by atoms with van der Waals surface area (Å²) in [6.07, 6.45) is 6.62. The lowest BCUT2D eigenvalue weighted by Crippen LogP contribution is -2.02. The maximum absolute atomic E-state index is 5.01. The van der Waals surface area contributed by atoms with E-state index in [1.165, 1.54) is 0 Å². The van der Waals surface area contributed by atoms with Crippen LogP contribution in [0.2, 0.25) is 0 Å². The molecule has 0 bridgehead atoms. The van der Waals surface area contributed by atoms with Crippen LogP contribution >= 0.6 is 0 Å². The van der Waals surface area contributed by atoms with Crippen LogP contribution in [0.25, 0.3) is 0 Å². The molecule has 0 N–H and O–H groups in total. The average Bonchev–Trinajstić information content (AvgIpc) is 2.15. The van der Waals surface area contributed by atoms with Crippen LogP contribution in [-0.2, 0) is 9.47 Å². The maximum Gasteiger partial charge on any atom is 0.236 e. The van der Waals surface area contributed by atoms with E-state index >= 15 is 0 Å². The van der Waals surface area contributed by atoms with Gasteiger partial charge < -0.3 is 9.47 Å². The number of rotatable bonds is 3. The second-order valence-electron chi connectivity index (χ2n) is 2.21. The molecule has 12 heavy (non-hydrogen) atoms. The molecule has 62 valence electrons. The van der Waals surface area contributed by atoms with Gasteiger partial charge in [-0.05, 0) is 0 Å². The first-order chi connectivity index (χ1) is 5.88. The predicted molar refractivity (Wildman–Crippen MR) is 46.1 cm³/mol. The number of hydrogen-bond donors (Lipinski definition) is 0. The quantitative estimate of drug-likeness (QED) is 0.499. The van der Waals surface area contributed by atoms with E-state index in [9.17, 15) is 0 Å². The summed E-state index contributed by atoms with van der Waals surface area (Å²) in [5.41, 5.74) is 0.915. The Morgan fingerprint density at radius 3 is 2.50 bits per heavy atom. The lowest BCUT2D eigenvalue weighted by atomic mass is 10.2. The molecule has 0 amide bonds. The molecule has 1 rings (SSSR count). The summed E-state index contributed by atoms with van der Waals surface area (Å²) in [6.45, 7) is 0. The van der Waals surface area contributed by atoms with E-state index in [0.717, 1.165) is 5.56 Å². The third-order valence-electron chi connectivity index (χ3n) is 1.46. The van der Waals surface area contributed by atoms with E-state index in [2.05, 4.69) is 6.11 Å². The molecule has 0 heterocycles. The van der Waals surface area contributed by atoms with Crippen molar-refractivity contribution in [1.29, 1.82) is 0 Å². The Labute approximate surface area is 72.1 Å². The fraction of sp³-hybridized carbons (Fsp3) is 0.200. The van der Waals surface area contributed by atoms with Crippen LogP contribution in [0.4, 0.5) is 0 Å². The van der Waals surface area contributed by atoms with Crippen molar-refractivity contribution in [2.45, 2.75) is 6.29 Å². The zero-order chi connectivity index (χ0) is 8.81. The van der Waals surface area contributed by atoms with Crippen molar-refractivity contribution in [3.63, 3.8) is 0 Å².